The molecule has 0 spiro atoms. The van der Waals surface area contributed by atoms with Crippen LogP contribution < -0.4 is 5.73 Å². The average molecular weight is 262 g/mol. The molecule has 1 atom stereocenters. The normalized spacial score (nSPS) is 17.7. The highest BCUT2D eigenvalue weighted by Gasteiger charge is 2.35. The van der Waals surface area contributed by atoms with Crippen molar-refractivity contribution < 1.29 is 9.90 Å². The first-order chi connectivity index (χ1) is 9.00. The van der Waals surface area contributed by atoms with Gasteiger partial charge in [-0.15, -0.1) is 0 Å². The van der Waals surface area contributed by atoms with Gasteiger partial charge in [0.05, 0.1) is 5.41 Å². The van der Waals surface area contributed by atoms with E-state index < -0.39 is 5.41 Å². The summed E-state index contributed by atoms with van der Waals surface area (Å²) in [5, 5.41) is 9.54. The van der Waals surface area contributed by atoms with Crippen LogP contribution in [0.2, 0.25) is 0 Å². The van der Waals surface area contributed by atoms with Crippen molar-refractivity contribution in [2.24, 2.45) is 11.1 Å². The number of carbonyl (C=O) groups excluding carboxylic acids is 1. The number of amides is 1. The highest BCUT2D eigenvalue weighted by atomic mass is 16.3. The molecule has 3 N–H and O–H groups in total. The molecule has 104 valence electrons. The summed E-state index contributed by atoms with van der Waals surface area (Å²) in [5.41, 5.74) is 7.53. The Morgan fingerprint density at radius 3 is 2.84 bits per heavy atom. The van der Waals surface area contributed by atoms with Crippen LogP contribution in [0.3, 0.4) is 0 Å². The van der Waals surface area contributed by atoms with Crippen LogP contribution in [0, 0.1) is 5.41 Å². The number of fused-ring (bicyclic) bond motifs is 1. The molecule has 1 amide bonds. The second-order valence-electron chi connectivity index (χ2n) is 5.55. The predicted molar refractivity (Wildman–Crippen MR) is 74.7 cm³/mol. The van der Waals surface area contributed by atoms with E-state index >= 15 is 0 Å². The highest BCUT2D eigenvalue weighted by molar-refractivity contribution is 5.82. The number of phenolic OH excluding ortho intramolecular Hbond substituents is 1. The number of hydrogen-bond donors (Lipinski definition) is 2. The van der Waals surface area contributed by atoms with E-state index in [0.717, 1.165) is 24.9 Å². The molecule has 4 nitrogen and oxygen atoms in total. The van der Waals surface area contributed by atoms with Crippen molar-refractivity contribution in [3.05, 3.63) is 29.3 Å². The lowest BCUT2D eigenvalue weighted by Crippen LogP contribution is -2.47. The summed E-state index contributed by atoms with van der Waals surface area (Å²) in [4.78, 5) is 14.4. The fourth-order valence-electron chi connectivity index (χ4n) is 2.48. The van der Waals surface area contributed by atoms with Crippen LogP contribution in [-0.2, 0) is 17.8 Å². The molecule has 4 heteroatoms. The SMILES string of the molecule is CCC(C)(CN)C(=O)N1CCc2ccc(O)cc2C1. The van der Waals surface area contributed by atoms with Gasteiger partial charge in [0.25, 0.3) is 0 Å². The Bertz CT molecular complexity index is 481. The predicted octanol–water partition coefficient (Wildman–Crippen LogP) is 1.65. The third-order valence-electron chi connectivity index (χ3n) is 4.24. The highest BCUT2D eigenvalue weighted by Crippen LogP contribution is 2.28. The molecule has 0 aliphatic carbocycles. The minimum Gasteiger partial charge on any atom is -0.508 e. The molecular formula is C15H22N2O2. The van der Waals surface area contributed by atoms with E-state index in [1.54, 1.807) is 12.1 Å². The van der Waals surface area contributed by atoms with Gasteiger partial charge in [0.2, 0.25) is 5.91 Å². The monoisotopic (exact) mass is 262 g/mol. The Hall–Kier alpha value is -1.55. The van der Waals surface area contributed by atoms with Gasteiger partial charge in [-0.05, 0) is 43.0 Å². The third-order valence-corrected chi connectivity index (χ3v) is 4.24. The first kappa shape index (κ1) is 13.9. The first-order valence-electron chi connectivity index (χ1n) is 6.80. The van der Waals surface area contributed by atoms with Crippen molar-refractivity contribution in [3.63, 3.8) is 0 Å². The topological polar surface area (TPSA) is 66.6 Å². The van der Waals surface area contributed by atoms with Crippen molar-refractivity contribution >= 4 is 5.91 Å². The van der Waals surface area contributed by atoms with Gasteiger partial charge in [-0.3, -0.25) is 4.79 Å². The van der Waals surface area contributed by atoms with Crippen LogP contribution in [0.15, 0.2) is 18.2 Å². The molecule has 0 saturated heterocycles. The van der Waals surface area contributed by atoms with Gasteiger partial charge < -0.3 is 15.7 Å². The van der Waals surface area contributed by atoms with Gasteiger partial charge in [-0.1, -0.05) is 13.0 Å². The van der Waals surface area contributed by atoms with Gasteiger partial charge in [0.1, 0.15) is 5.75 Å². The molecule has 0 bridgehead atoms. The summed E-state index contributed by atoms with van der Waals surface area (Å²) >= 11 is 0. The second kappa shape index (κ2) is 5.21. The van der Waals surface area contributed by atoms with Gasteiger partial charge >= 0.3 is 0 Å². The summed E-state index contributed by atoms with van der Waals surface area (Å²) in [5.74, 6) is 0.372. The summed E-state index contributed by atoms with van der Waals surface area (Å²) in [6, 6.07) is 5.39. The number of phenols is 1. The molecule has 1 aromatic rings. The van der Waals surface area contributed by atoms with Gasteiger partial charge in [-0.25, -0.2) is 0 Å². The minimum absolute atomic E-state index is 0.117. The summed E-state index contributed by atoms with van der Waals surface area (Å²) < 4.78 is 0. The van der Waals surface area contributed by atoms with Crippen molar-refractivity contribution in [1.29, 1.82) is 0 Å². The second-order valence-corrected chi connectivity index (χ2v) is 5.55. The van der Waals surface area contributed by atoms with Crippen LogP contribution in [0.1, 0.15) is 31.4 Å². The fraction of sp³-hybridized carbons (Fsp3) is 0.533. The Morgan fingerprint density at radius 1 is 1.47 bits per heavy atom. The Balaban J connectivity index is 2.20. The van der Waals surface area contributed by atoms with Crippen molar-refractivity contribution in [1.82, 2.24) is 4.90 Å². The lowest BCUT2D eigenvalue weighted by molar-refractivity contribution is -0.142. The average Bonchev–Trinajstić information content (AvgIpc) is 2.44. The van der Waals surface area contributed by atoms with E-state index in [-0.39, 0.29) is 11.7 Å². The Kier molecular flexibility index (Phi) is 3.80. The van der Waals surface area contributed by atoms with Crippen LogP contribution in [0.4, 0.5) is 0 Å². The number of benzene rings is 1. The summed E-state index contributed by atoms with van der Waals surface area (Å²) in [6.07, 6.45) is 1.58. The largest absolute Gasteiger partial charge is 0.508 e. The molecular weight excluding hydrogens is 240 g/mol. The van der Waals surface area contributed by atoms with Crippen LogP contribution in [0.5, 0.6) is 5.75 Å². The van der Waals surface area contributed by atoms with Crippen molar-refractivity contribution in [3.8, 4) is 5.75 Å². The van der Waals surface area contributed by atoms with Crippen LogP contribution in [-0.4, -0.2) is 29.0 Å². The summed E-state index contributed by atoms with van der Waals surface area (Å²) in [6.45, 7) is 5.58. The van der Waals surface area contributed by atoms with E-state index in [4.69, 9.17) is 5.73 Å². The number of nitrogens with zero attached hydrogens (tertiary/aromatic N) is 1. The zero-order chi connectivity index (χ0) is 14.0. The number of aromatic hydroxyl groups is 1. The van der Waals surface area contributed by atoms with E-state index in [9.17, 15) is 9.90 Å². The van der Waals surface area contributed by atoms with Gasteiger partial charge in [0.15, 0.2) is 0 Å². The quantitative estimate of drug-likeness (QED) is 0.870. The maximum absolute atomic E-state index is 12.6. The summed E-state index contributed by atoms with van der Waals surface area (Å²) in [7, 11) is 0. The molecule has 0 saturated carbocycles. The van der Waals surface area contributed by atoms with Gasteiger partial charge in [0, 0.05) is 19.6 Å². The fourth-order valence-corrected chi connectivity index (χ4v) is 2.48. The van der Waals surface area contributed by atoms with E-state index in [0.29, 0.717) is 13.1 Å². The van der Waals surface area contributed by atoms with E-state index in [2.05, 4.69) is 0 Å². The lowest BCUT2D eigenvalue weighted by atomic mass is 9.85. The van der Waals surface area contributed by atoms with Crippen molar-refractivity contribution in [2.45, 2.75) is 33.2 Å². The van der Waals surface area contributed by atoms with Crippen LogP contribution in [0.25, 0.3) is 0 Å². The molecule has 1 heterocycles. The molecule has 1 unspecified atom stereocenters. The molecule has 1 aliphatic heterocycles. The standard InChI is InChI=1S/C15H22N2O2/c1-3-15(2,10-16)14(19)17-7-6-11-4-5-13(18)8-12(11)9-17/h4-5,8,18H,3,6-7,9-10,16H2,1-2H3. The minimum atomic E-state index is -0.478. The Morgan fingerprint density at radius 2 is 2.21 bits per heavy atom. The maximum atomic E-state index is 12.6. The van der Waals surface area contributed by atoms with Crippen molar-refractivity contribution in [2.75, 3.05) is 13.1 Å². The molecule has 1 aromatic carbocycles. The molecule has 19 heavy (non-hydrogen) atoms. The first-order valence-corrected chi connectivity index (χ1v) is 6.80. The van der Waals surface area contributed by atoms with Gasteiger partial charge in [-0.2, -0.15) is 0 Å². The zero-order valence-corrected chi connectivity index (χ0v) is 11.6. The number of hydrogen-bond acceptors (Lipinski definition) is 3. The zero-order valence-electron chi connectivity index (χ0n) is 11.6. The molecule has 1 aliphatic rings. The number of carbonyl (C=O) groups is 1. The van der Waals surface area contributed by atoms with E-state index in [1.807, 2.05) is 24.8 Å². The Labute approximate surface area is 114 Å². The molecule has 0 fully saturated rings. The molecule has 0 aromatic heterocycles. The van der Waals surface area contributed by atoms with Crippen LogP contribution >= 0.6 is 0 Å². The molecule has 0 radical (unpaired) electrons. The van der Waals surface area contributed by atoms with E-state index in [1.165, 1.54) is 5.56 Å². The third kappa shape index (κ3) is 2.59. The molecule has 2 rings (SSSR count). The lowest BCUT2D eigenvalue weighted by Gasteiger charge is -2.36. The number of rotatable bonds is 3. The number of nitrogens with two attached hydrogens (primary N) is 1. The maximum Gasteiger partial charge on any atom is 0.230 e. The smallest absolute Gasteiger partial charge is 0.230 e.